The number of nitrogens with one attached hydrogen (secondary N) is 1. The second-order valence-electron chi connectivity index (χ2n) is 6.01. The molecular formula is C19H38BN. The minimum Gasteiger partial charge on any atom is -0.317 e. The molecule has 21 heavy (non-hydrogen) atoms. The molecule has 0 fully saturated rings. The van der Waals surface area contributed by atoms with Crippen molar-refractivity contribution in [2.24, 2.45) is 0 Å². The van der Waals surface area contributed by atoms with Crippen LogP contribution in [0.4, 0.5) is 0 Å². The molecular weight excluding hydrogens is 253 g/mol. The smallest absolute Gasteiger partial charge is 0.102 e. The molecule has 0 saturated carbocycles. The number of hydrogen-bond acceptors (Lipinski definition) is 1. The molecule has 0 aromatic heterocycles. The fourth-order valence-corrected chi connectivity index (χ4v) is 2.38. The van der Waals surface area contributed by atoms with Crippen molar-refractivity contribution < 1.29 is 0 Å². The second kappa shape index (κ2) is 19.5. The van der Waals surface area contributed by atoms with E-state index in [1.807, 2.05) is 0 Å². The Kier molecular flexibility index (Phi) is 19.0. The Hall–Kier alpha value is -0.495. The monoisotopic (exact) mass is 291 g/mol. The molecule has 122 valence electrons. The van der Waals surface area contributed by atoms with Crippen LogP contribution in [0, 0.1) is 0 Å². The summed E-state index contributed by atoms with van der Waals surface area (Å²) in [6.45, 7) is 4.65. The fraction of sp³-hybridized carbons (Fsp3) is 0.789. The molecule has 0 rings (SSSR count). The highest BCUT2D eigenvalue weighted by Gasteiger charge is 1.90. The van der Waals surface area contributed by atoms with Gasteiger partial charge in [-0.2, -0.15) is 0 Å². The van der Waals surface area contributed by atoms with Gasteiger partial charge in [0.25, 0.3) is 0 Å². The molecule has 0 radical (unpaired) electrons. The van der Waals surface area contributed by atoms with Crippen LogP contribution in [-0.2, 0) is 0 Å². The zero-order chi connectivity index (χ0) is 15.4. The number of rotatable bonds is 16. The highest BCUT2D eigenvalue weighted by Crippen LogP contribution is 2.07. The minimum atomic E-state index is 1.18. The van der Waals surface area contributed by atoms with Gasteiger partial charge in [-0.15, -0.1) is 0 Å². The summed E-state index contributed by atoms with van der Waals surface area (Å²) in [4.78, 5) is 0. The van der Waals surface area contributed by atoms with Gasteiger partial charge in [0, 0.05) is 0 Å². The maximum Gasteiger partial charge on any atom is 0.102 e. The zero-order valence-electron chi connectivity index (χ0n) is 14.7. The van der Waals surface area contributed by atoms with Crippen LogP contribution in [0.25, 0.3) is 0 Å². The van der Waals surface area contributed by atoms with Gasteiger partial charge in [-0.05, 0) is 45.2 Å². The average Bonchev–Trinajstić information content (AvgIpc) is 2.50. The lowest BCUT2D eigenvalue weighted by atomic mass is 10.1. The van der Waals surface area contributed by atoms with Crippen molar-refractivity contribution in [1.82, 2.24) is 5.32 Å². The largest absolute Gasteiger partial charge is 0.317 e. The summed E-state index contributed by atoms with van der Waals surface area (Å²) < 4.78 is 0. The predicted molar refractivity (Wildman–Crippen MR) is 101 cm³/mol. The zero-order valence-corrected chi connectivity index (χ0v) is 14.7. The van der Waals surface area contributed by atoms with Gasteiger partial charge in [-0.1, -0.05) is 76.1 Å². The molecule has 0 amide bonds. The molecule has 0 heterocycles. The van der Waals surface area contributed by atoms with E-state index in [2.05, 4.69) is 44.4 Å². The summed E-state index contributed by atoms with van der Waals surface area (Å²) in [6.07, 6.45) is 25.2. The molecule has 0 atom stereocenters. The predicted octanol–water partition coefficient (Wildman–Crippen LogP) is 5.05. The van der Waals surface area contributed by atoms with E-state index < -0.39 is 0 Å². The molecule has 0 spiro atoms. The Morgan fingerprint density at radius 2 is 1.29 bits per heavy atom. The van der Waals surface area contributed by atoms with E-state index in [0.29, 0.717) is 0 Å². The molecule has 1 nitrogen and oxygen atoms in total. The first kappa shape index (κ1) is 20.5. The van der Waals surface area contributed by atoms with Crippen molar-refractivity contribution in [3.05, 3.63) is 24.3 Å². The van der Waals surface area contributed by atoms with Gasteiger partial charge in [0.05, 0.1) is 0 Å². The molecule has 0 aromatic carbocycles. The van der Waals surface area contributed by atoms with Gasteiger partial charge in [-0.25, -0.2) is 0 Å². The normalized spacial score (nSPS) is 11.9. The summed E-state index contributed by atoms with van der Waals surface area (Å²) >= 11 is 0. The molecule has 0 aliphatic rings. The maximum absolute atomic E-state index is 3.47. The van der Waals surface area contributed by atoms with Crippen molar-refractivity contribution in [3.8, 4) is 0 Å². The highest BCUT2D eigenvalue weighted by atomic mass is 14.8. The third kappa shape index (κ3) is 19.5. The molecule has 0 bridgehead atoms. The van der Waals surface area contributed by atoms with Gasteiger partial charge in [0.2, 0.25) is 0 Å². The number of hydrogen-bond donors (Lipinski definition) is 1. The highest BCUT2D eigenvalue weighted by molar-refractivity contribution is 6.08. The Bertz CT molecular complexity index is 236. The van der Waals surface area contributed by atoms with Gasteiger partial charge in [0.15, 0.2) is 0 Å². The van der Waals surface area contributed by atoms with Crippen molar-refractivity contribution in [3.63, 3.8) is 0 Å². The lowest BCUT2D eigenvalue weighted by Crippen LogP contribution is -2.15. The Balaban J connectivity index is 3.10. The molecule has 0 aromatic rings. The van der Waals surface area contributed by atoms with Crippen LogP contribution in [0.5, 0.6) is 0 Å². The summed E-state index contributed by atoms with van der Waals surface area (Å²) in [5, 5.41) is 3.47. The molecule has 0 saturated heterocycles. The van der Waals surface area contributed by atoms with Crippen LogP contribution in [0.1, 0.15) is 77.6 Å². The third-order valence-electron chi connectivity index (χ3n) is 3.76. The summed E-state index contributed by atoms with van der Waals surface area (Å²) in [5.74, 6) is 0. The van der Waals surface area contributed by atoms with Crippen LogP contribution in [-0.4, -0.2) is 20.9 Å². The first-order valence-corrected chi connectivity index (χ1v) is 9.44. The van der Waals surface area contributed by atoms with Crippen LogP contribution in [0.15, 0.2) is 24.3 Å². The van der Waals surface area contributed by atoms with Crippen molar-refractivity contribution in [2.75, 3.05) is 13.1 Å². The van der Waals surface area contributed by atoms with Gasteiger partial charge in [0.1, 0.15) is 7.85 Å². The molecule has 0 aliphatic heterocycles. The fourth-order valence-electron chi connectivity index (χ4n) is 2.38. The summed E-state index contributed by atoms with van der Waals surface area (Å²) in [7, 11) is 2.23. The Morgan fingerprint density at radius 1 is 0.714 bits per heavy atom. The van der Waals surface area contributed by atoms with Gasteiger partial charge in [-0.3, -0.25) is 0 Å². The van der Waals surface area contributed by atoms with Crippen LogP contribution < -0.4 is 5.32 Å². The van der Waals surface area contributed by atoms with Gasteiger partial charge < -0.3 is 5.32 Å². The average molecular weight is 291 g/mol. The first-order valence-electron chi connectivity index (χ1n) is 9.44. The van der Waals surface area contributed by atoms with E-state index in [1.165, 1.54) is 90.0 Å². The van der Waals surface area contributed by atoms with E-state index in [1.54, 1.807) is 0 Å². The first-order chi connectivity index (χ1) is 10.4. The van der Waals surface area contributed by atoms with Crippen molar-refractivity contribution >= 4 is 7.85 Å². The van der Waals surface area contributed by atoms with Crippen LogP contribution in [0.2, 0.25) is 6.32 Å². The van der Waals surface area contributed by atoms with E-state index in [0.717, 1.165) is 0 Å². The topological polar surface area (TPSA) is 12.0 Å². The molecule has 1 N–H and O–H groups in total. The third-order valence-corrected chi connectivity index (χ3v) is 3.76. The Labute approximate surface area is 135 Å². The lowest BCUT2D eigenvalue weighted by Gasteiger charge is -2.02. The molecule has 0 unspecified atom stereocenters. The maximum atomic E-state index is 3.47. The van der Waals surface area contributed by atoms with Crippen molar-refractivity contribution in [2.45, 2.75) is 83.9 Å². The quantitative estimate of drug-likeness (QED) is 0.238. The summed E-state index contributed by atoms with van der Waals surface area (Å²) in [6, 6.07) is 0. The minimum absolute atomic E-state index is 1.18. The second-order valence-corrected chi connectivity index (χ2v) is 6.01. The van der Waals surface area contributed by atoms with Gasteiger partial charge >= 0.3 is 0 Å². The van der Waals surface area contributed by atoms with Crippen LogP contribution >= 0.6 is 0 Å². The number of unbranched alkanes of at least 4 members (excludes halogenated alkanes) is 9. The van der Waals surface area contributed by atoms with Crippen molar-refractivity contribution in [1.29, 1.82) is 0 Å². The SMILES string of the molecule is BCCNCCCCCCCC/C=C\C=C\CCCCC. The lowest BCUT2D eigenvalue weighted by molar-refractivity contribution is 0.573. The standard InChI is InChI=1S/C19H38BN/c1-2-3-4-5-6-7-8-9-10-11-12-13-14-15-16-18-21-19-17-20/h6-9,21H,2-5,10-20H2,1H3/b7-6+,9-8-. The summed E-state index contributed by atoms with van der Waals surface area (Å²) in [5.41, 5.74) is 0. The Morgan fingerprint density at radius 3 is 1.90 bits per heavy atom. The number of allylic oxidation sites excluding steroid dienone is 4. The van der Waals surface area contributed by atoms with Crippen LogP contribution in [0.3, 0.4) is 0 Å². The van der Waals surface area contributed by atoms with E-state index in [-0.39, 0.29) is 0 Å². The van der Waals surface area contributed by atoms with E-state index in [4.69, 9.17) is 0 Å². The molecule has 2 heteroatoms. The van der Waals surface area contributed by atoms with E-state index >= 15 is 0 Å². The van der Waals surface area contributed by atoms with E-state index in [9.17, 15) is 0 Å². The molecule has 0 aliphatic carbocycles.